The van der Waals surface area contributed by atoms with Gasteiger partial charge in [0, 0.05) is 24.7 Å². The van der Waals surface area contributed by atoms with Crippen LogP contribution in [0.25, 0.3) is 16.9 Å². The zero-order valence-electron chi connectivity index (χ0n) is 17.5. The second-order valence-corrected chi connectivity index (χ2v) is 7.86. The van der Waals surface area contributed by atoms with E-state index in [1.165, 1.54) is 18.6 Å². The Kier molecular flexibility index (Phi) is 5.49. The summed E-state index contributed by atoms with van der Waals surface area (Å²) < 4.78 is 17.2. The number of rotatable bonds is 5. The molecule has 162 valence electrons. The van der Waals surface area contributed by atoms with Crippen LogP contribution in [0.2, 0.25) is 0 Å². The largest absolute Gasteiger partial charge is 0.345 e. The molecule has 2 aromatic carbocycles. The monoisotopic (exact) mass is 430 g/mol. The Labute approximate surface area is 184 Å². The standard InChI is InChI=1S/C24H23FN6O/c25-18-12-10-17(11-13-18)23-20(16-31(29-23)19-7-3-1-4-8-19)24(32)26-15-22-28-27-21-9-5-2-6-14-30(21)22/h1,3-4,7-8,10-13,16H,2,5-6,9,14-15H2,(H,26,32). The van der Waals surface area contributed by atoms with Crippen LogP contribution in [0.5, 0.6) is 0 Å². The number of aryl methyl sites for hydroxylation is 1. The summed E-state index contributed by atoms with van der Waals surface area (Å²) in [5.41, 5.74) is 2.41. The van der Waals surface area contributed by atoms with Gasteiger partial charge in [-0.25, -0.2) is 9.07 Å². The number of fused-ring (bicyclic) bond motifs is 1. The quantitative estimate of drug-likeness (QED) is 0.521. The minimum absolute atomic E-state index is 0.266. The van der Waals surface area contributed by atoms with Crippen molar-refractivity contribution in [3.05, 3.63) is 83.8 Å². The molecule has 0 spiro atoms. The number of aromatic nitrogens is 5. The van der Waals surface area contributed by atoms with Crippen LogP contribution in [-0.2, 0) is 19.5 Å². The number of halogens is 1. The summed E-state index contributed by atoms with van der Waals surface area (Å²) >= 11 is 0. The molecule has 8 heteroatoms. The van der Waals surface area contributed by atoms with Gasteiger partial charge in [0.1, 0.15) is 17.3 Å². The van der Waals surface area contributed by atoms with Gasteiger partial charge in [0.2, 0.25) is 0 Å². The Morgan fingerprint density at radius 3 is 2.62 bits per heavy atom. The van der Waals surface area contributed by atoms with Crippen LogP contribution in [-0.4, -0.2) is 30.5 Å². The van der Waals surface area contributed by atoms with Crippen molar-refractivity contribution in [1.82, 2.24) is 29.9 Å². The summed E-state index contributed by atoms with van der Waals surface area (Å²) in [6.07, 6.45) is 6.00. The Bertz CT molecular complexity index is 1230. The highest BCUT2D eigenvalue weighted by molar-refractivity contribution is 5.99. The molecular weight excluding hydrogens is 407 g/mol. The van der Waals surface area contributed by atoms with Gasteiger partial charge in [-0.05, 0) is 49.2 Å². The van der Waals surface area contributed by atoms with Crippen LogP contribution in [0, 0.1) is 5.82 Å². The minimum atomic E-state index is -0.338. The van der Waals surface area contributed by atoms with E-state index < -0.39 is 0 Å². The molecule has 3 heterocycles. The zero-order chi connectivity index (χ0) is 21.9. The lowest BCUT2D eigenvalue weighted by Crippen LogP contribution is -2.25. The van der Waals surface area contributed by atoms with Crippen LogP contribution >= 0.6 is 0 Å². The molecule has 4 aromatic rings. The van der Waals surface area contributed by atoms with Gasteiger partial charge in [-0.2, -0.15) is 5.10 Å². The summed E-state index contributed by atoms with van der Waals surface area (Å²) in [5, 5.41) is 16.2. The minimum Gasteiger partial charge on any atom is -0.345 e. The number of nitrogens with zero attached hydrogens (tertiary/aromatic N) is 5. The van der Waals surface area contributed by atoms with Crippen LogP contribution in [0.4, 0.5) is 4.39 Å². The third-order valence-corrected chi connectivity index (χ3v) is 5.69. The molecule has 1 aliphatic rings. The number of para-hydroxylation sites is 1. The molecule has 0 unspecified atom stereocenters. The average molecular weight is 430 g/mol. The predicted octanol–water partition coefficient (Wildman–Crippen LogP) is 3.93. The number of carbonyl (C=O) groups excluding carboxylic acids is 1. The fraction of sp³-hybridized carbons (Fsp3) is 0.250. The van der Waals surface area contributed by atoms with E-state index in [-0.39, 0.29) is 18.3 Å². The van der Waals surface area contributed by atoms with Crippen molar-refractivity contribution < 1.29 is 9.18 Å². The molecule has 32 heavy (non-hydrogen) atoms. The molecule has 2 aromatic heterocycles. The lowest BCUT2D eigenvalue weighted by molar-refractivity contribution is 0.0950. The summed E-state index contributed by atoms with van der Waals surface area (Å²) in [7, 11) is 0. The number of hydrogen-bond donors (Lipinski definition) is 1. The topological polar surface area (TPSA) is 77.6 Å². The van der Waals surface area contributed by atoms with Gasteiger partial charge >= 0.3 is 0 Å². The number of amides is 1. The lowest BCUT2D eigenvalue weighted by Gasteiger charge is -2.08. The molecule has 1 N–H and O–H groups in total. The highest BCUT2D eigenvalue weighted by atomic mass is 19.1. The summed E-state index contributed by atoms with van der Waals surface area (Å²) in [6.45, 7) is 1.16. The zero-order valence-corrected chi connectivity index (χ0v) is 17.5. The summed E-state index contributed by atoms with van der Waals surface area (Å²) in [6, 6.07) is 15.5. The molecule has 0 bridgehead atoms. The molecular formula is C24H23FN6O. The van der Waals surface area contributed by atoms with Crippen molar-refractivity contribution in [3.8, 4) is 16.9 Å². The Hall–Kier alpha value is -3.81. The Morgan fingerprint density at radius 1 is 1.00 bits per heavy atom. The smallest absolute Gasteiger partial charge is 0.255 e. The van der Waals surface area contributed by atoms with E-state index in [2.05, 4.69) is 25.2 Å². The maximum atomic E-state index is 13.5. The van der Waals surface area contributed by atoms with Gasteiger partial charge in [0.25, 0.3) is 5.91 Å². The van der Waals surface area contributed by atoms with Crippen molar-refractivity contribution in [1.29, 1.82) is 0 Å². The fourth-order valence-electron chi connectivity index (χ4n) is 4.00. The first-order valence-corrected chi connectivity index (χ1v) is 10.8. The molecule has 0 saturated heterocycles. The van der Waals surface area contributed by atoms with Gasteiger partial charge in [-0.3, -0.25) is 4.79 Å². The maximum absolute atomic E-state index is 13.5. The van der Waals surface area contributed by atoms with E-state index in [9.17, 15) is 9.18 Å². The molecule has 0 fully saturated rings. The van der Waals surface area contributed by atoms with Gasteiger partial charge in [-0.1, -0.05) is 24.6 Å². The maximum Gasteiger partial charge on any atom is 0.255 e. The first kappa shape index (κ1) is 20.1. The average Bonchev–Trinajstić information content (AvgIpc) is 3.36. The SMILES string of the molecule is O=C(NCc1nnc2n1CCCCC2)c1cn(-c2ccccc2)nc1-c1ccc(F)cc1. The molecule has 0 aliphatic carbocycles. The normalized spacial score (nSPS) is 13.4. The van der Waals surface area contributed by atoms with Crippen LogP contribution in [0.1, 0.15) is 41.3 Å². The van der Waals surface area contributed by atoms with Crippen molar-refractivity contribution in [2.75, 3.05) is 0 Å². The molecule has 1 aliphatic heterocycles. The summed E-state index contributed by atoms with van der Waals surface area (Å²) in [5.74, 6) is 1.14. The number of nitrogens with one attached hydrogen (secondary N) is 1. The van der Waals surface area contributed by atoms with Gasteiger partial charge in [-0.15, -0.1) is 10.2 Å². The third kappa shape index (κ3) is 4.03. The molecule has 5 rings (SSSR count). The van der Waals surface area contributed by atoms with Crippen molar-refractivity contribution in [2.24, 2.45) is 0 Å². The molecule has 0 atom stereocenters. The van der Waals surface area contributed by atoms with Gasteiger partial charge < -0.3 is 9.88 Å². The highest BCUT2D eigenvalue weighted by Gasteiger charge is 2.20. The van der Waals surface area contributed by atoms with E-state index in [1.54, 1.807) is 23.0 Å². The molecule has 1 amide bonds. The fourth-order valence-corrected chi connectivity index (χ4v) is 4.00. The summed E-state index contributed by atoms with van der Waals surface area (Å²) in [4.78, 5) is 13.2. The van der Waals surface area contributed by atoms with Crippen LogP contribution in [0.3, 0.4) is 0 Å². The molecule has 0 radical (unpaired) electrons. The Balaban J connectivity index is 1.44. The van der Waals surface area contributed by atoms with E-state index in [4.69, 9.17) is 0 Å². The first-order valence-electron chi connectivity index (χ1n) is 10.8. The van der Waals surface area contributed by atoms with Crippen molar-refractivity contribution >= 4 is 5.91 Å². The number of benzene rings is 2. The second kappa shape index (κ2) is 8.74. The number of carbonyl (C=O) groups is 1. The van der Waals surface area contributed by atoms with Crippen molar-refractivity contribution in [2.45, 2.75) is 38.8 Å². The Morgan fingerprint density at radius 2 is 1.81 bits per heavy atom. The lowest BCUT2D eigenvalue weighted by atomic mass is 10.1. The van der Waals surface area contributed by atoms with E-state index >= 15 is 0 Å². The third-order valence-electron chi connectivity index (χ3n) is 5.69. The van der Waals surface area contributed by atoms with E-state index in [1.807, 2.05) is 30.3 Å². The van der Waals surface area contributed by atoms with Crippen molar-refractivity contribution in [3.63, 3.8) is 0 Å². The first-order chi connectivity index (χ1) is 15.7. The second-order valence-electron chi connectivity index (χ2n) is 7.86. The van der Waals surface area contributed by atoms with Gasteiger partial charge in [0.05, 0.1) is 17.8 Å². The number of hydrogen-bond acceptors (Lipinski definition) is 4. The molecule has 0 saturated carbocycles. The van der Waals surface area contributed by atoms with E-state index in [0.29, 0.717) is 16.8 Å². The molecule has 7 nitrogen and oxygen atoms in total. The van der Waals surface area contributed by atoms with Crippen LogP contribution < -0.4 is 5.32 Å². The predicted molar refractivity (Wildman–Crippen MR) is 118 cm³/mol. The van der Waals surface area contributed by atoms with Crippen LogP contribution in [0.15, 0.2) is 60.8 Å². The van der Waals surface area contributed by atoms with Gasteiger partial charge in [0.15, 0.2) is 5.82 Å². The van der Waals surface area contributed by atoms with E-state index in [0.717, 1.165) is 43.1 Å². The highest BCUT2D eigenvalue weighted by Crippen LogP contribution is 2.24.